The van der Waals surface area contributed by atoms with Crippen LogP contribution < -0.4 is 19.9 Å². The Labute approximate surface area is 176 Å². The highest BCUT2D eigenvalue weighted by atomic mass is 32.2. The molecule has 0 fully saturated rings. The van der Waals surface area contributed by atoms with Crippen LogP contribution >= 0.6 is 0 Å². The SMILES string of the molecule is CCOc1ccc(S(=O)(=O)N[C@@H](C)C(=O)NCc2ccc(S(N)(=O)=O)cc2)cc1C. The topological polar surface area (TPSA) is 145 Å². The number of ether oxygens (including phenoxy) is 1. The molecule has 9 nitrogen and oxygen atoms in total. The summed E-state index contributed by atoms with van der Waals surface area (Å²) >= 11 is 0. The third-order valence-electron chi connectivity index (χ3n) is 4.20. The van der Waals surface area contributed by atoms with Gasteiger partial charge in [0.15, 0.2) is 0 Å². The van der Waals surface area contributed by atoms with Gasteiger partial charge in [-0.25, -0.2) is 22.0 Å². The summed E-state index contributed by atoms with van der Waals surface area (Å²) in [5.41, 5.74) is 1.30. The highest BCUT2D eigenvalue weighted by Crippen LogP contribution is 2.22. The Kier molecular flexibility index (Phi) is 7.59. The van der Waals surface area contributed by atoms with Gasteiger partial charge < -0.3 is 10.1 Å². The van der Waals surface area contributed by atoms with Crippen molar-refractivity contribution in [3.8, 4) is 5.75 Å². The van der Waals surface area contributed by atoms with Crippen molar-refractivity contribution in [3.63, 3.8) is 0 Å². The van der Waals surface area contributed by atoms with Gasteiger partial charge in [0.05, 0.1) is 22.4 Å². The Bertz CT molecular complexity index is 1110. The second-order valence-electron chi connectivity index (χ2n) is 6.61. The van der Waals surface area contributed by atoms with Crippen LogP contribution in [0.15, 0.2) is 52.3 Å². The van der Waals surface area contributed by atoms with Crippen LogP contribution in [-0.4, -0.2) is 35.4 Å². The maximum absolute atomic E-state index is 12.6. The molecule has 4 N–H and O–H groups in total. The number of rotatable bonds is 9. The maximum Gasteiger partial charge on any atom is 0.241 e. The number of hydrogen-bond acceptors (Lipinski definition) is 6. The van der Waals surface area contributed by atoms with Crippen molar-refractivity contribution in [2.45, 2.75) is 43.1 Å². The van der Waals surface area contributed by atoms with Crippen LogP contribution in [0.3, 0.4) is 0 Å². The number of carbonyl (C=O) groups excluding carboxylic acids is 1. The third-order valence-corrected chi connectivity index (χ3v) is 6.67. The highest BCUT2D eigenvalue weighted by molar-refractivity contribution is 7.89. The lowest BCUT2D eigenvalue weighted by Crippen LogP contribution is -2.44. The molecule has 11 heteroatoms. The molecule has 0 aliphatic heterocycles. The van der Waals surface area contributed by atoms with Crippen molar-refractivity contribution in [1.29, 1.82) is 0 Å². The molecule has 0 spiro atoms. The van der Waals surface area contributed by atoms with Crippen LogP contribution in [0.4, 0.5) is 0 Å². The van der Waals surface area contributed by atoms with E-state index in [0.29, 0.717) is 23.5 Å². The van der Waals surface area contributed by atoms with E-state index in [0.717, 1.165) is 0 Å². The van der Waals surface area contributed by atoms with Gasteiger partial charge in [0.1, 0.15) is 5.75 Å². The van der Waals surface area contributed by atoms with Crippen LogP contribution in [0.25, 0.3) is 0 Å². The molecule has 2 aromatic rings. The molecule has 2 rings (SSSR count). The summed E-state index contributed by atoms with van der Waals surface area (Å²) in [5.74, 6) is 0.0625. The Hall–Kier alpha value is -2.47. The van der Waals surface area contributed by atoms with Crippen molar-refractivity contribution in [3.05, 3.63) is 53.6 Å². The molecule has 0 aliphatic rings. The fraction of sp³-hybridized carbons (Fsp3) is 0.316. The van der Waals surface area contributed by atoms with Crippen molar-refractivity contribution >= 4 is 26.0 Å². The molecule has 1 amide bonds. The molecular weight excluding hydrogens is 430 g/mol. The van der Waals surface area contributed by atoms with E-state index in [1.54, 1.807) is 13.0 Å². The van der Waals surface area contributed by atoms with Gasteiger partial charge in [-0.1, -0.05) is 12.1 Å². The van der Waals surface area contributed by atoms with Gasteiger partial charge in [-0.2, -0.15) is 4.72 Å². The second kappa shape index (κ2) is 9.56. The zero-order valence-electron chi connectivity index (χ0n) is 16.9. The summed E-state index contributed by atoms with van der Waals surface area (Å²) in [6, 6.07) is 9.13. The number of primary sulfonamides is 1. The lowest BCUT2D eigenvalue weighted by molar-refractivity contribution is -0.122. The lowest BCUT2D eigenvalue weighted by Gasteiger charge is -2.15. The smallest absolute Gasteiger partial charge is 0.241 e. The van der Waals surface area contributed by atoms with E-state index in [1.165, 1.54) is 43.3 Å². The van der Waals surface area contributed by atoms with E-state index in [2.05, 4.69) is 10.0 Å². The standard InChI is InChI=1S/C19H25N3O6S2/c1-4-28-18-10-9-17(11-13(18)2)30(26,27)22-14(3)19(23)21-12-15-5-7-16(8-6-15)29(20,24)25/h5-11,14,22H,4,12H2,1-3H3,(H,21,23)(H2,20,24,25)/t14-/m0/s1. The van der Waals surface area contributed by atoms with Crippen molar-refractivity contribution in [2.75, 3.05) is 6.61 Å². The van der Waals surface area contributed by atoms with Crippen molar-refractivity contribution in [2.24, 2.45) is 5.14 Å². The summed E-state index contributed by atoms with van der Waals surface area (Å²) in [7, 11) is -7.70. The van der Waals surface area contributed by atoms with Crippen LogP contribution in [0.5, 0.6) is 5.75 Å². The first-order valence-corrected chi connectivity index (χ1v) is 12.1. The second-order valence-corrected chi connectivity index (χ2v) is 9.89. The van der Waals surface area contributed by atoms with Crippen LogP contribution in [0, 0.1) is 6.92 Å². The van der Waals surface area contributed by atoms with E-state index >= 15 is 0 Å². The number of hydrogen-bond donors (Lipinski definition) is 3. The molecule has 0 heterocycles. The van der Waals surface area contributed by atoms with E-state index in [9.17, 15) is 21.6 Å². The summed E-state index contributed by atoms with van der Waals surface area (Å²) < 4.78 is 55.4. The van der Waals surface area contributed by atoms with Crippen molar-refractivity contribution < 1.29 is 26.4 Å². The average Bonchev–Trinajstić information content (AvgIpc) is 2.67. The Morgan fingerprint density at radius 2 is 1.67 bits per heavy atom. The molecule has 0 saturated carbocycles. The van der Waals surface area contributed by atoms with Gasteiger partial charge >= 0.3 is 0 Å². The van der Waals surface area contributed by atoms with Gasteiger partial charge in [-0.05, 0) is 62.2 Å². The van der Waals surface area contributed by atoms with E-state index in [-0.39, 0.29) is 16.3 Å². The minimum atomic E-state index is -3.91. The van der Waals surface area contributed by atoms with Crippen molar-refractivity contribution in [1.82, 2.24) is 10.0 Å². The van der Waals surface area contributed by atoms with Crippen LogP contribution in [0.1, 0.15) is 25.0 Å². The van der Waals surface area contributed by atoms with Gasteiger partial charge in [0, 0.05) is 6.54 Å². The van der Waals surface area contributed by atoms with Gasteiger partial charge in [0.25, 0.3) is 0 Å². The zero-order valence-corrected chi connectivity index (χ0v) is 18.5. The molecule has 0 radical (unpaired) electrons. The molecule has 1 atom stereocenters. The number of carbonyl (C=O) groups is 1. The number of benzene rings is 2. The largest absolute Gasteiger partial charge is 0.494 e. The monoisotopic (exact) mass is 455 g/mol. The van der Waals surface area contributed by atoms with E-state index in [1.807, 2.05) is 6.92 Å². The van der Waals surface area contributed by atoms with Gasteiger partial charge in [0.2, 0.25) is 26.0 Å². The predicted molar refractivity (Wildman–Crippen MR) is 112 cm³/mol. The fourth-order valence-corrected chi connectivity index (χ4v) is 4.40. The van der Waals surface area contributed by atoms with E-state index < -0.39 is 32.0 Å². The average molecular weight is 456 g/mol. The fourth-order valence-electron chi connectivity index (χ4n) is 2.60. The molecule has 0 aromatic heterocycles. The Morgan fingerprint density at radius 1 is 1.07 bits per heavy atom. The third kappa shape index (κ3) is 6.26. The Morgan fingerprint density at radius 3 is 2.20 bits per heavy atom. The van der Waals surface area contributed by atoms with Crippen LogP contribution in [-0.2, 0) is 31.4 Å². The summed E-state index contributed by atoms with van der Waals surface area (Å²) in [5, 5.41) is 7.64. The number of sulfonamides is 2. The molecule has 164 valence electrons. The summed E-state index contributed by atoms with van der Waals surface area (Å²) in [4.78, 5) is 12.3. The maximum atomic E-state index is 12.6. The minimum absolute atomic E-state index is 0.0293. The predicted octanol–water partition coefficient (Wildman–Crippen LogP) is 1.02. The first-order valence-electron chi connectivity index (χ1n) is 9.09. The van der Waals surface area contributed by atoms with E-state index in [4.69, 9.17) is 9.88 Å². The minimum Gasteiger partial charge on any atom is -0.494 e. The summed E-state index contributed by atoms with van der Waals surface area (Å²) in [6.07, 6.45) is 0. The number of amides is 1. The molecule has 30 heavy (non-hydrogen) atoms. The molecule has 0 saturated heterocycles. The lowest BCUT2D eigenvalue weighted by atomic mass is 10.2. The van der Waals surface area contributed by atoms with Crippen LogP contribution in [0.2, 0.25) is 0 Å². The van der Waals surface area contributed by atoms with Gasteiger partial charge in [-0.15, -0.1) is 0 Å². The number of nitrogens with one attached hydrogen (secondary N) is 2. The molecule has 2 aromatic carbocycles. The quantitative estimate of drug-likeness (QED) is 0.515. The normalized spacial score (nSPS) is 12.9. The highest BCUT2D eigenvalue weighted by Gasteiger charge is 2.22. The Balaban J connectivity index is 2.00. The molecular formula is C19H25N3O6S2. The molecule has 0 aliphatic carbocycles. The number of nitrogens with two attached hydrogens (primary N) is 1. The summed E-state index contributed by atoms with van der Waals surface area (Å²) in [6.45, 7) is 5.56. The zero-order chi connectivity index (χ0) is 22.5. The molecule has 0 bridgehead atoms. The first kappa shape index (κ1) is 23.8. The first-order chi connectivity index (χ1) is 13.9. The van der Waals surface area contributed by atoms with Gasteiger partial charge in [-0.3, -0.25) is 4.79 Å². The molecule has 0 unspecified atom stereocenters. The number of aryl methyl sites for hydroxylation is 1.